The van der Waals surface area contributed by atoms with Gasteiger partial charge in [-0.1, -0.05) is 24.3 Å². The van der Waals surface area contributed by atoms with E-state index in [0.29, 0.717) is 6.42 Å². The third-order valence-electron chi connectivity index (χ3n) is 5.24. The van der Waals surface area contributed by atoms with Crippen molar-refractivity contribution in [1.82, 2.24) is 5.32 Å². The number of carbonyl (C=O) groups is 2. The molecule has 5 heteroatoms. The number of anilines is 1. The van der Waals surface area contributed by atoms with E-state index in [0.717, 1.165) is 29.8 Å². The first-order valence-corrected chi connectivity index (χ1v) is 9.26. The van der Waals surface area contributed by atoms with Crippen LogP contribution in [-0.4, -0.2) is 18.4 Å². The number of nitrogens with zero attached hydrogens (tertiary/aromatic N) is 1. The standard InChI is InChI=1S/C22H25FN2O2/c1-15(16-6-4-7-19(14-16)25-13-5-8-20(25)26)24-21(27)22(2,3)17-9-11-18(23)12-10-17/h4,6-7,9-12,14-15H,5,8,13H2,1-3H3,(H,24,27). The van der Waals surface area contributed by atoms with Crippen molar-refractivity contribution in [2.75, 3.05) is 11.4 Å². The van der Waals surface area contributed by atoms with E-state index in [4.69, 9.17) is 0 Å². The minimum Gasteiger partial charge on any atom is -0.349 e. The maximum Gasteiger partial charge on any atom is 0.230 e. The van der Waals surface area contributed by atoms with Gasteiger partial charge in [0.2, 0.25) is 11.8 Å². The van der Waals surface area contributed by atoms with Gasteiger partial charge in [0.05, 0.1) is 11.5 Å². The normalized spacial score (nSPS) is 15.7. The third kappa shape index (κ3) is 4.02. The van der Waals surface area contributed by atoms with Crippen molar-refractivity contribution in [3.63, 3.8) is 0 Å². The zero-order valence-electron chi connectivity index (χ0n) is 16.0. The average molecular weight is 368 g/mol. The van der Waals surface area contributed by atoms with Crippen LogP contribution in [0.2, 0.25) is 0 Å². The summed E-state index contributed by atoms with van der Waals surface area (Å²) in [5, 5.41) is 3.04. The molecule has 0 spiro atoms. The van der Waals surface area contributed by atoms with Crippen molar-refractivity contribution in [1.29, 1.82) is 0 Å². The van der Waals surface area contributed by atoms with Gasteiger partial charge < -0.3 is 10.2 Å². The number of amides is 2. The monoisotopic (exact) mass is 368 g/mol. The predicted molar refractivity (Wildman–Crippen MR) is 104 cm³/mol. The first kappa shape index (κ1) is 19.1. The Morgan fingerprint density at radius 2 is 1.89 bits per heavy atom. The number of rotatable bonds is 5. The van der Waals surface area contributed by atoms with Gasteiger partial charge in [-0.15, -0.1) is 0 Å². The molecule has 2 aromatic rings. The quantitative estimate of drug-likeness (QED) is 0.863. The molecule has 1 fully saturated rings. The Morgan fingerprint density at radius 3 is 2.52 bits per heavy atom. The van der Waals surface area contributed by atoms with E-state index in [1.165, 1.54) is 12.1 Å². The van der Waals surface area contributed by atoms with Gasteiger partial charge in [-0.3, -0.25) is 9.59 Å². The number of benzene rings is 2. The van der Waals surface area contributed by atoms with E-state index in [-0.39, 0.29) is 23.7 Å². The van der Waals surface area contributed by atoms with Gasteiger partial charge in [0.1, 0.15) is 5.82 Å². The highest BCUT2D eigenvalue weighted by molar-refractivity contribution is 5.95. The molecule has 1 N–H and O–H groups in total. The topological polar surface area (TPSA) is 49.4 Å². The fourth-order valence-electron chi connectivity index (χ4n) is 3.34. The van der Waals surface area contributed by atoms with Crippen LogP contribution in [0.15, 0.2) is 48.5 Å². The molecule has 4 nitrogen and oxygen atoms in total. The molecule has 0 bridgehead atoms. The second-order valence-electron chi connectivity index (χ2n) is 7.57. The fraction of sp³-hybridized carbons (Fsp3) is 0.364. The summed E-state index contributed by atoms with van der Waals surface area (Å²) in [4.78, 5) is 26.6. The van der Waals surface area contributed by atoms with Gasteiger partial charge in [0.15, 0.2) is 0 Å². The summed E-state index contributed by atoms with van der Waals surface area (Å²) < 4.78 is 13.2. The molecule has 27 heavy (non-hydrogen) atoms. The van der Waals surface area contributed by atoms with Gasteiger partial charge >= 0.3 is 0 Å². The van der Waals surface area contributed by atoms with Crippen LogP contribution in [0.5, 0.6) is 0 Å². The molecule has 1 atom stereocenters. The zero-order valence-corrected chi connectivity index (χ0v) is 16.0. The lowest BCUT2D eigenvalue weighted by Gasteiger charge is -2.27. The van der Waals surface area contributed by atoms with Crippen molar-refractivity contribution in [2.45, 2.75) is 45.1 Å². The van der Waals surface area contributed by atoms with E-state index >= 15 is 0 Å². The second-order valence-corrected chi connectivity index (χ2v) is 7.57. The predicted octanol–water partition coefficient (Wildman–Crippen LogP) is 4.11. The first-order valence-electron chi connectivity index (χ1n) is 9.26. The van der Waals surface area contributed by atoms with E-state index in [1.54, 1.807) is 17.0 Å². The summed E-state index contributed by atoms with van der Waals surface area (Å²) in [5.74, 6) is -0.317. The molecule has 0 radical (unpaired) electrons. The SMILES string of the molecule is CC(NC(=O)C(C)(C)c1ccc(F)cc1)c1cccc(N2CCCC2=O)c1. The van der Waals surface area contributed by atoms with Crippen molar-refractivity contribution in [3.05, 3.63) is 65.5 Å². The smallest absolute Gasteiger partial charge is 0.230 e. The largest absolute Gasteiger partial charge is 0.349 e. The Morgan fingerprint density at radius 1 is 1.19 bits per heavy atom. The highest BCUT2D eigenvalue weighted by Gasteiger charge is 2.31. The van der Waals surface area contributed by atoms with E-state index < -0.39 is 5.41 Å². The minimum atomic E-state index is -0.787. The Kier molecular flexibility index (Phi) is 5.31. The molecule has 0 aliphatic carbocycles. The number of carbonyl (C=O) groups excluding carboxylic acids is 2. The molecule has 1 unspecified atom stereocenters. The fourth-order valence-corrected chi connectivity index (χ4v) is 3.34. The van der Waals surface area contributed by atoms with Crippen molar-refractivity contribution in [2.24, 2.45) is 0 Å². The maximum absolute atomic E-state index is 13.2. The molecule has 1 aliphatic rings. The lowest BCUT2D eigenvalue weighted by atomic mass is 9.83. The van der Waals surface area contributed by atoms with Gasteiger partial charge in [0, 0.05) is 18.7 Å². The minimum absolute atomic E-state index is 0.135. The van der Waals surface area contributed by atoms with Crippen LogP contribution in [0.1, 0.15) is 50.8 Å². The Balaban J connectivity index is 1.74. The van der Waals surface area contributed by atoms with Crippen molar-refractivity contribution >= 4 is 17.5 Å². The zero-order chi connectivity index (χ0) is 19.6. The van der Waals surface area contributed by atoms with Gasteiger partial charge in [-0.05, 0) is 62.6 Å². The van der Waals surface area contributed by atoms with Gasteiger partial charge in [-0.25, -0.2) is 4.39 Å². The summed E-state index contributed by atoms with van der Waals surface area (Å²) in [5.41, 5.74) is 1.78. The summed E-state index contributed by atoms with van der Waals surface area (Å²) >= 11 is 0. The molecule has 0 saturated carbocycles. The molecule has 142 valence electrons. The van der Waals surface area contributed by atoms with Crippen LogP contribution in [0, 0.1) is 5.82 Å². The first-order chi connectivity index (χ1) is 12.8. The number of nitrogens with one attached hydrogen (secondary N) is 1. The maximum atomic E-state index is 13.2. The van der Waals surface area contributed by atoms with Gasteiger partial charge in [-0.2, -0.15) is 0 Å². The molecule has 2 amide bonds. The Hall–Kier alpha value is -2.69. The summed E-state index contributed by atoms with van der Waals surface area (Å²) in [6, 6.07) is 13.5. The Bertz CT molecular complexity index is 846. The van der Waals surface area contributed by atoms with Gasteiger partial charge in [0.25, 0.3) is 0 Å². The van der Waals surface area contributed by atoms with Crippen LogP contribution in [-0.2, 0) is 15.0 Å². The van der Waals surface area contributed by atoms with Crippen LogP contribution in [0.25, 0.3) is 0 Å². The second kappa shape index (κ2) is 7.51. The third-order valence-corrected chi connectivity index (χ3v) is 5.24. The van der Waals surface area contributed by atoms with Crippen LogP contribution < -0.4 is 10.2 Å². The van der Waals surface area contributed by atoms with Crippen molar-refractivity contribution in [3.8, 4) is 0 Å². The van der Waals surface area contributed by atoms with Crippen LogP contribution in [0.3, 0.4) is 0 Å². The van der Waals surface area contributed by atoms with E-state index in [1.807, 2.05) is 45.0 Å². The van der Waals surface area contributed by atoms with Crippen LogP contribution in [0.4, 0.5) is 10.1 Å². The van der Waals surface area contributed by atoms with Crippen molar-refractivity contribution < 1.29 is 14.0 Å². The summed E-state index contributed by atoms with van der Waals surface area (Å²) in [7, 11) is 0. The number of halogens is 1. The lowest BCUT2D eigenvalue weighted by molar-refractivity contribution is -0.126. The molecular weight excluding hydrogens is 343 g/mol. The lowest BCUT2D eigenvalue weighted by Crippen LogP contribution is -2.41. The summed E-state index contributed by atoms with van der Waals surface area (Å²) in [6.45, 7) is 6.30. The highest BCUT2D eigenvalue weighted by atomic mass is 19.1. The molecule has 0 aromatic heterocycles. The molecule has 1 saturated heterocycles. The summed E-state index contributed by atoms with van der Waals surface area (Å²) in [6.07, 6.45) is 1.46. The molecule has 1 heterocycles. The van der Waals surface area contributed by atoms with E-state index in [2.05, 4.69) is 5.32 Å². The molecule has 2 aromatic carbocycles. The average Bonchev–Trinajstić information content (AvgIpc) is 3.08. The highest BCUT2D eigenvalue weighted by Crippen LogP contribution is 2.27. The number of hydrogen-bond acceptors (Lipinski definition) is 2. The molecular formula is C22H25FN2O2. The van der Waals surface area contributed by atoms with E-state index in [9.17, 15) is 14.0 Å². The number of hydrogen-bond donors (Lipinski definition) is 1. The molecule has 3 rings (SSSR count). The Labute approximate surface area is 159 Å². The molecule has 1 aliphatic heterocycles. The van der Waals surface area contributed by atoms with Crippen LogP contribution >= 0.6 is 0 Å².